The lowest BCUT2D eigenvalue weighted by Gasteiger charge is -2.26. The molecule has 0 unspecified atom stereocenters. The highest BCUT2D eigenvalue weighted by molar-refractivity contribution is 5.91. The van der Waals surface area contributed by atoms with Crippen molar-refractivity contribution in [2.45, 2.75) is 31.6 Å². The molecule has 0 saturated heterocycles. The van der Waals surface area contributed by atoms with Gasteiger partial charge in [0, 0.05) is 31.1 Å². The molecule has 4 rings (SSSR count). The second kappa shape index (κ2) is 8.03. The lowest BCUT2D eigenvalue weighted by atomic mass is 9.82. The van der Waals surface area contributed by atoms with E-state index >= 15 is 0 Å². The highest BCUT2D eigenvalue weighted by atomic mass is 16.4. The van der Waals surface area contributed by atoms with Gasteiger partial charge in [-0.25, -0.2) is 4.98 Å². The van der Waals surface area contributed by atoms with Gasteiger partial charge in [0.15, 0.2) is 0 Å². The number of hydrogen-bond donors (Lipinski definition) is 1. The fourth-order valence-electron chi connectivity index (χ4n) is 3.35. The molecule has 0 radical (unpaired) electrons. The smallest absolute Gasteiger partial charge is 0.271 e. The average molecular weight is 364 g/mol. The summed E-state index contributed by atoms with van der Waals surface area (Å²) >= 11 is 0. The Bertz CT molecular complexity index is 875. The summed E-state index contributed by atoms with van der Waals surface area (Å²) in [5.74, 6) is 1.67. The second-order valence-corrected chi connectivity index (χ2v) is 6.68. The number of aromatic nitrogens is 5. The lowest BCUT2D eigenvalue weighted by Crippen LogP contribution is -2.31. The second-order valence-electron chi connectivity index (χ2n) is 6.68. The molecule has 1 amide bonds. The Labute approximate surface area is 156 Å². The van der Waals surface area contributed by atoms with E-state index in [1.165, 1.54) is 12.4 Å². The Balaban J connectivity index is 1.28. The summed E-state index contributed by atoms with van der Waals surface area (Å²) < 4.78 is 5.83. The quantitative estimate of drug-likeness (QED) is 0.741. The predicted molar refractivity (Wildman–Crippen MR) is 96.6 cm³/mol. The molecule has 1 N–H and O–H groups in total. The van der Waals surface area contributed by atoms with Crippen molar-refractivity contribution < 1.29 is 9.21 Å². The van der Waals surface area contributed by atoms with E-state index in [0.29, 0.717) is 35.6 Å². The molecule has 0 aliphatic heterocycles. The zero-order chi connectivity index (χ0) is 18.5. The van der Waals surface area contributed by atoms with Crippen LogP contribution in [-0.2, 0) is 0 Å². The third-order valence-corrected chi connectivity index (χ3v) is 4.87. The van der Waals surface area contributed by atoms with Gasteiger partial charge in [0.05, 0.1) is 6.20 Å². The minimum absolute atomic E-state index is 0.179. The van der Waals surface area contributed by atoms with E-state index in [0.717, 1.165) is 25.7 Å². The molecule has 0 spiro atoms. The molecule has 0 aromatic carbocycles. The molecule has 0 bridgehead atoms. The SMILES string of the molecule is O=C(NCC1CCC(c2nnc(-c3ccccn3)o2)CC1)c1cnccn1. The molecule has 1 saturated carbocycles. The van der Waals surface area contributed by atoms with Gasteiger partial charge < -0.3 is 9.73 Å². The number of carbonyl (C=O) groups is 1. The van der Waals surface area contributed by atoms with Crippen molar-refractivity contribution in [1.82, 2.24) is 30.5 Å². The van der Waals surface area contributed by atoms with Crippen molar-refractivity contribution in [2.75, 3.05) is 6.54 Å². The highest BCUT2D eigenvalue weighted by Crippen LogP contribution is 2.35. The molecule has 8 heteroatoms. The Morgan fingerprint density at radius 2 is 1.96 bits per heavy atom. The van der Waals surface area contributed by atoms with Crippen molar-refractivity contribution in [3.05, 3.63) is 54.6 Å². The first-order chi connectivity index (χ1) is 13.3. The highest BCUT2D eigenvalue weighted by Gasteiger charge is 2.27. The van der Waals surface area contributed by atoms with E-state index in [9.17, 15) is 4.79 Å². The summed E-state index contributed by atoms with van der Waals surface area (Å²) in [6.07, 6.45) is 10.2. The first kappa shape index (κ1) is 17.3. The maximum atomic E-state index is 12.1. The number of amides is 1. The van der Waals surface area contributed by atoms with Gasteiger partial charge in [0.1, 0.15) is 11.4 Å². The van der Waals surface area contributed by atoms with Crippen LogP contribution in [0.2, 0.25) is 0 Å². The summed E-state index contributed by atoms with van der Waals surface area (Å²) in [5.41, 5.74) is 1.04. The van der Waals surface area contributed by atoms with Crippen LogP contribution < -0.4 is 5.32 Å². The number of rotatable bonds is 5. The van der Waals surface area contributed by atoms with Crippen LogP contribution in [0.25, 0.3) is 11.6 Å². The van der Waals surface area contributed by atoms with Gasteiger partial charge in [-0.15, -0.1) is 10.2 Å². The monoisotopic (exact) mass is 364 g/mol. The van der Waals surface area contributed by atoms with Crippen molar-refractivity contribution in [3.8, 4) is 11.6 Å². The van der Waals surface area contributed by atoms with Crippen molar-refractivity contribution in [1.29, 1.82) is 0 Å². The summed E-state index contributed by atoms with van der Waals surface area (Å²) in [7, 11) is 0. The van der Waals surface area contributed by atoms with Gasteiger partial charge in [0.2, 0.25) is 5.89 Å². The largest absolute Gasteiger partial charge is 0.419 e. The van der Waals surface area contributed by atoms with Gasteiger partial charge in [-0.2, -0.15) is 0 Å². The van der Waals surface area contributed by atoms with Gasteiger partial charge >= 0.3 is 0 Å². The van der Waals surface area contributed by atoms with E-state index in [-0.39, 0.29) is 11.8 Å². The number of pyridine rings is 1. The van der Waals surface area contributed by atoms with Crippen LogP contribution in [0.15, 0.2) is 47.4 Å². The van der Waals surface area contributed by atoms with E-state index in [4.69, 9.17) is 4.42 Å². The zero-order valence-corrected chi connectivity index (χ0v) is 14.8. The number of carbonyl (C=O) groups excluding carboxylic acids is 1. The first-order valence-corrected chi connectivity index (χ1v) is 9.08. The average Bonchev–Trinajstić information content (AvgIpc) is 3.24. The third-order valence-electron chi connectivity index (χ3n) is 4.87. The molecule has 138 valence electrons. The molecule has 3 aromatic heterocycles. The topological polar surface area (TPSA) is 107 Å². The van der Waals surface area contributed by atoms with E-state index in [1.54, 1.807) is 12.4 Å². The van der Waals surface area contributed by atoms with Gasteiger partial charge in [-0.3, -0.25) is 14.8 Å². The Morgan fingerprint density at radius 1 is 1.07 bits per heavy atom. The molecule has 1 aliphatic carbocycles. The maximum absolute atomic E-state index is 12.1. The van der Waals surface area contributed by atoms with Gasteiger partial charge in [-0.1, -0.05) is 6.07 Å². The van der Waals surface area contributed by atoms with E-state index < -0.39 is 0 Å². The van der Waals surface area contributed by atoms with Gasteiger partial charge in [0.25, 0.3) is 11.8 Å². The fourth-order valence-corrected chi connectivity index (χ4v) is 3.35. The number of hydrogen-bond acceptors (Lipinski definition) is 7. The van der Waals surface area contributed by atoms with Crippen LogP contribution in [0.3, 0.4) is 0 Å². The Kier molecular flexibility index (Phi) is 5.13. The van der Waals surface area contributed by atoms with E-state index in [2.05, 4.69) is 30.5 Å². The van der Waals surface area contributed by atoms with Crippen LogP contribution in [-0.4, -0.2) is 37.6 Å². The lowest BCUT2D eigenvalue weighted by molar-refractivity contribution is 0.0937. The minimum Gasteiger partial charge on any atom is -0.419 e. The summed E-state index contributed by atoms with van der Waals surface area (Å²) in [6, 6.07) is 5.60. The summed E-state index contributed by atoms with van der Waals surface area (Å²) in [4.78, 5) is 24.2. The van der Waals surface area contributed by atoms with Crippen LogP contribution in [0.4, 0.5) is 0 Å². The Morgan fingerprint density at radius 3 is 2.70 bits per heavy atom. The normalized spacial score (nSPS) is 19.6. The van der Waals surface area contributed by atoms with Crippen molar-refractivity contribution in [2.24, 2.45) is 5.92 Å². The minimum atomic E-state index is -0.179. The molecule has 27 heavy (non-hydrogen) atoms. The third kappa shape index (κ3) is 4.16. The molecule has 1 aliphatic rings. The van der Waals surface area contributed by atoms with Gasteiger partial charge in [-0.05, 0) is 43.7 Å². The Hall–Kier alpha value is -3.16. The van der Waals surface area contributed by atoms with Crippen LogP contribution in [0.1, 0.15) is 48.0 Å². The standard InChI is InChI=1S/C19H20N6O2/c26-17(16-12-20-9-10-22-16)23-11-13-4-6-14(7-5-13)18-24-25-19(27-18)15-3-1-2-8-21-15/h1-3,8-10,12-14H,4-7,11H2,(H,23,26). The molecule has 8 nitrogen and oxygen atoms in total. The zero-order valence-electron chi connectivity index (χ0n) is 14.8. The fraction of sp³-hybridized carbons (Fsp3) is 0.368. The molecule has 0 atom stereocenters. The molecule has 3 aromatic rings. The van der Waals surface area contributed by atoms with E-state index in [1.807, 2.05) is 18.2 Å². The number of nitrogens with one attached hydrogen (secondary N) is 1. The van der Waals surface area contributed by atoms with Crippen molar-refractivity contribution in [3.63, 3.8) is 0 Å². The first-order valence-electron chi connectivity index (χ1n) is 9.08. The maximum Gasteiger partial charge on any atom is 0.271 e. The van der Waals surface area contributed by atoms with Crippen LogP contribution >= 0.6 is 0 Å². The molecular formula is C19H20N6O2. The molecular weight excluding hydrogens is 344 g/mol. The molecule has 1 fully saturated rings. The van der Waals surface area contributed by atoms with Crippen LogP contribution in [0, 0.1) is 5.92 Å². The van der Waals surface area contributed by atoms with Crippen molar-refractivity contribution >= 4 is 5.91 Å². The summed E-state index contributed by atoms with van der Waals surface area (Å²) in [5, 5.41) is 11.3. The number of nitrogens with zero attached hydrogens (tertiary/aromatic N) is 5. The molecule has 3 heterocycles. The summed E-state index contributed by atoms with van der Waals surface area (Å²) in [6.45, 7) is 0.644. The van der Waals surface area contributed by atoms with Crippen LogP contribution in [0.5, 0.6) is 0 Å². The predicted octanol–water partition coefficient (Wildman–Crippen LogP) is 2.63.